The zero-order valence-electron chi connectivity index (χ0n) is 11.4. The minimum Gasteiger partial charge on any atom is -0.392 e. The van der Waals surface area contributed by atoms with Crippen LogP contribution in [0.1, 0.15) is 11.1 Å². The molecule has 0 aliphatic carbocycles. The van der Waals surface area contributed by atoms with Crippen molar-refractivity contribution >= 4 is 17.5 Å². The lowest BCUT2D eigenvalue weighted by molar-refractivity contribution is -0.385. The monoisotopic (exact) mass is 284 g/mol. The number of rotatable bonds is 6. The Morgan fingerprint density at radius 2 is 2.00 bits per heavy atom. The average Bonchev–Trinajstić information content (AvgIpc) is 2.52. The van der Waals surface area contributed by atoms with E-state index in [1.165, 1.54) is 6.07 Å². The first kappa shape index (κ1) is 14.7. The summed E-state index contributed by atoms with van der Waals surface area (Å²) in [5.74, 6) is 0. The van der Waals surface area contributed by atoms with E-state index in [1.54, 1.807) is 24.3 Å². The molecule has 5 heteroatoms. The van der Waals surface area contributed by atoms with Crippen molar-refractivity contribution in [3.8, 4) is 0 Å². The van der Waals surface area contributed by atoms with Crippen LogP contribution in [0.25, 0.3) is 6.08 Å². The van der Waals surface area contributed by atoms with Crippen molar-refractivity contribution in [3.05, 3.63) is 75.8 Å². The highest BCUT2D eigenvalue weighted by molar-refractivity contribution is 5.61. The van der Waals surface area contributed by atoms with Crippen LogP contribution in [-0.4, -0.2) is 16.6 Å². The van der Waals surface area contributed by atoms with Crippen LogP contribution in [0.5, 0.6) is 0 Å². The molecule has 2 aromatic rings. The lowest BCUT2D eigenvalue weighted by atomic mass is 10.1. The largest absolute Gasteiger partial charge is 0.392 e. The van der Waals surface area contributed by atoms with E-state index in [4.69, 9.17) is 5.11 Å². The fourth-order valence-corrected chi connectivity index (χ4v) is 1.94. The topological polar surface area (TPSA) is 75.4 Å². The molecule has 0 saturated heterocycles. The molecule has 0 heterocycles. The third-order valence-corrected chi connectivity index (χ3v) is 2.96. The van der Waals surface area contributed by atoms with Gasteiger partial charge in [-0.2, -0.15) is 0 Å². The highest BCUT2D eigenvalue weighted by atomic mass is 16.6. The van der Waals surface area contributed by atoms with Gasteiger partial charge < -0.3 is 10.4 Å². The molecule has 0 aromatic heterocycles. The third-order valence-electron chi connectivity index (χ3n) is 2.96. The second-order valence-electron chi connectivity index (χ2n) is 4.46. The maximum atomic E-state index is 10.9. The normalized spacial score (nSPS) is 10.7. The molecule has 0 atom stereocenters. The first-order chi connectivity index (χ1) is 10.2. The first-order valence-electron chi connectivity index (χ1n) is 6.54. The van der Waals surface area contributed by atoms with Crippen LogP contribution in [0.3, 0.4) is 0 Å². The molecule has 0 unspecified atom stereocenters. The maximum absolute atomic E-state index is 10.9. The predicted molar refractivity (Wildman–Crippen MR) is 83.0 cm³/mol. The highest BCUT2D eigenvalue weighted by Gasteiger charge is 2.08. The van der Waals surface area contributed by atoms with E-state index in [0.717, 1.165) is 11.3 Å². The van der Waals surface area contributed by atoms with Gasteiger partial charge in [-0.15, -0.1) is 0 Å². The molecule has 108 valence electrons. The van der Waals surface area contributed by atoms with Gasteiger partial charge in [0.25, 0.3) is 5.69 Å². The predicted octanol–water partition coefficient (Wildman–Crippen LogP) is 3.21. The zero-order chi connectivity index (χ0) is 15.1. The number of benzene rings is 2. The molecule has 0 fully saturated rings. The summed E-state index contributed by atoms with van der Waals surface area (Å²) < 4.78 is 0. The van der Waals surface area contributed by atoms with Crippen molar-refractivity contribution in [2.24, 2.45) is 0 Å². The Balaban J connectivity index is 1.98. The fourth-order valence-electron chi connectivity index (χ4n) is 1.94. The summed E-state index contributed by atoms with van der Waals surface area (Å²) >= 11 is 0. The first-order valence-corrected chi connectivity index (χ1v) is 6.54. The Hall–Kier alpha value is -2.66. The summed E-state index contributed by atoms with van der Waals surface area (Å²) in [5, 5.41) is 23.1. The SMILES string of the molecule is O=[N+]([O-])c1ccccc1C=CCNc1cccc(CO)c1. The Bertz CT molecular complexity index is 653. The minimum atomic E-state index is -0.391. The average molecular weight is 284 g/mol. The van der Waals surface area contributed by atoms with Crippen molar-refractivity contribution in [3.63, 3.8) is 0 Å². The Morgan fingerprint density at radius 1 is 1.19 bits per heavy atom. The van der Waals surface area contributed by atoms with Crippen LogP contribution in [0.15, 0.2) is 54.6 Å². The Kier molecular flexibility index (Phi) is 5.06. The van der Waals surface area contributed by atoms with Gasteiger partial charge in [0.1, 0.15) is 0 Å². The molecule has 0 bridgehead atoms. The maximum Gasteiger partial charge on any atom is 0.276 e. The van der Waals surface area contributed by atoms with Crippen molar-refractivity contribution in [1.29, 1.82) is 0 Å². The Labute approximate surface area is 122 Å². The van der Waals surface area contributed by atoms with Gasteiger partial charge in [0.15, 0.2) is 0 Å². The summed E-state index contributed by atoms with van der Waals surface area (Å²) in [5.41, 5.74) is 2.40. The number of anilines is 1. The lowest BCUT2D eigenvalue weighted by Gasteiger charge is -2.04. The summed E-state index contributed by atoms with van der Waals surface area (Å²) in [7, 11) is 0. The highest BCUT2D eigenvalue weighted by Crippen LogP contribution is 2.19. The zero-order valence-corrected chi connectivity index (χ0v) is 11.4. The number of nitrogens with one attached hydrogen (secondary N) is 1. The molecule has 5 nitrogen and oxygen atoms in total. The van der Waals surface area contributed by atoms with Gasteiger partial charge in [0.2, 0.25) is 0 Å². The molecule has 0 saturated carbocycles. The number of hydrogen-bond donors (Lipinski definition) is 2. The molecular formula is C16H16N2O3. The van der Waals surface area contributed by atoms with Crippen LogP contribution in [0.4, 0.5) is 11.4 Å². The second-order valence-corrected chi connectivity index (χ2v) is 4.46. The smallest absolute Gasteiger partial charge is 0.276 e. The van der Waals surface area contributed by atoms with Crippen LogP contribution >= 0.6 is 0 Å². The molecule has 0 spiro atoms. The van der Waals surface area contributed by atoms with E-state index in [1.807, 2.05) is 30.3 Å². The van der Waals surface area contributed by atoms with E-state index < -0.39 is 4.92 Å². The molecule has 21 heavy (non-hydrogen) atoms. The van der Waals surface area contributed by atoms with E-state index in [9.17, 15) is 10.1 Å². The molecule has 0 radical (unpaired) electrons. The summed E-state index contributed by atoms with van der Waals surface area (Å²) in [6.07, 6.45) is 3.55. The molecule has 2 rings (SSSR count). The third kappa shape index (κ3) is 4.15. The number of nitrogens with zero attached hydrogens (tertiary/aromatic N) is 1. The summed E-state index contributed by atoms with van der Waals surface area (Å²) in [6.45, 7) is 0.544. The van der Waals surface area contributed by atoms with Crippen LogP contribution < -0.4 is 5.32 Å². The number of hydrogen-bond acceptors (Lipinski definition) is 4. The van der Waals surface area contributed by atoms with E-state index in [0.29, 0.717) is 12.1 Å². The van der Waals surface area contributed by atoms with Gasteiger partial charge >= 0.3 is 0 Å². The standard InChI is InChI=1S/C16H16N2O3/c19-12-13-5-3-8-15(11-13)17-10-4-7-14-6-1-2-9-16(14)18(20)21/h1-9,11,17,19H,10,12H2. The molecule has 0 aliphatic rings. The van der Waals surface area contributed by atoms with Crippen molar-refractivity contribution in [1.82, 2.24) is 0 Å². The Morgan fingerprint density at radius 3 is 2.76 bits per heavy atom. The lowest BCUT2D eigenvalue weighted by Crippen LogP contribution is -1.99. The van der Waals surface area contributed by atoms with E-state index >= 15 is 0 Å². The van der Waals surface area contributed by atoms with Crippen LogP contribution in [-0.2, 0) is 6.61 Å². The van der Waals surface area contributed by atoms with E-state index in [-0.39, 0.29) is 12.3 Å². The van der Waals surface area contributed by atoms with Crippen molar-refractivity contribution < 1.29 is 10.0 Å². The van der Waals surface area contributed by atoms with Gasteiger partial charge in [-0.25, -0.2) is 0 Å². The minimum absolute atomic E-state index is 0.00156. The quantitative estimate of drug-likeness (QED) is 0.631. The van der Waals surface area contributed by atoms with Crippen molar-refractivity contribution in [2.45, 2.75) is 6.61 Å². The molecule has 2 N–H and O–H groups in total. The molecular weight excluding hydrogens is 268 g/mol. The second kappa shape index (κ2) is 7.21. The number of para-hydroxylation sites is 1. The van der Waals surface area contributed by atoms with Gasteiger partial charge in [0.05, 0.1) is 17.1 Å². The number of nitro groups is 1. The summed E-state index contributed by atoms with van der Waals surface area (Å²) in [4.78, 5) is 10.5. The number of aliphatic hydroxyl groups excluding tert-OH is 1. The summed E-state index contributed by atoms with van der Waals surface area (Å²) in [6, 6.07) is 14.1. The molecule has 2 aromatic carbocycles. The van der Waals surface area contributed by atoms with Gasteiger partial charge in [-0.05, 0) is 23.8 Å². The molecule has 0 amide bonds. The van der Waals surface area contributed by atoms with Crippen LogP contribution in [0, 0.1) is 10.1 Å². The fraction of sp³-hybridized carbons (Fsp3) is 0.125. The molecule has 0 aliphatic heterocycles. The number of aliphatic hydroxyl groups is 1. The van der Waals surface area contributed by atoms with Crippen molar-refractivity contribution in [2.75, 3.05) is 11.9 Å². The van der Waals surface area contributed by atoms with E-state index in [2.05, 4.69) is 5.32 Å². The van der Waals surface area contributed by atoms with Gasteiger partial charge in [-0.3, -0.25) is 10.1 Å². The van der Waals surface area contributed by atoms with Crippen LogP contribution in [0.2, 0.25) is 0 Å². The van der Waals surface area contributed by atoms with Gasteiger partial charge in [0, 0.05) is 18.3 Å². The number of nitro benzene ring substituents is 1. The van der Waals surface area contributed by atoms with Gasteiger partial charge in [-0.1, -0.05) is 36.4 Å².